The molecule has 2 aromatic carbocycles. The van der Waals surface area contributed by atoms with Crippen molar-refractivity contribution in [2.75, 3.05) is 0 Å². The second-order valence-corrected chi connectivity index (χ2v) is 9.15. The van der Waals surface area contributed by atoms with Crippen molar-refractivity contribution in [3.63, 3.8) is 0 Å². The molecule has 3 unspecified atom stereocenters. The number of hydrogen-bond acceptors (Lipinski definition) is 3. The minimum absolute atomic E-state index is 0.0942. The van der Waals surface area contributed by atoms with Crippen molar-refractivity contribution < 1.29 is 14.6 Å². The SMILES string of the molecule is C=CC(=O)OC1CC2CCC1(C)C2(C)C.C=Cc1ccc(O)cc1.C=Cc1ccccc1. The maximum atomic E-state index is 11.3. The van der Waals surface area contributed by atoms with Gasteiger partial charge in [0.2, 0.25) is 0 Å². The van der Waals surface area contributed by atoms with Crippen LogP contribution in [-0.4, -0.2) is 17.2 Å². The van der Waals surface area contributed by atoms with Crippen LogP contribution in [0.4, 0.5) is 0 Å². The average molecular weight is 433 g/mol. The van der Waals surface area contributed by atoms with Crippen LogP contribution in [-0.2, 0) is 9.53 Å². The fraction of sp³-hybridized carbons (Fsp3) is 0.345. The highest BCUT2D eigenvalue weighted by Crippen LogP contribution is 2.66. The van der Waals surface area contributed by atoms with Gasteiger partial charge in [-0.1, -0.05) is 95.1 Å². The van der Waals surface area contributed by atoms with Gasteiger partial charge in [0.25, 0.3) is 0 Å². The Morgan fingerprint density at radius 2 is 1.53 bits per heavy atom. The first-order valence-corrected chi connectivity index (χ1v) is 11.1. The van der Waals surface area contributed by atoms with Crippen molar-refractivity contribution in [1.29, 1.82) is 0 Å². The lowest BCUT2D eigenvalue weighted by molar-refractivity contribution is -0.150. The number of rotatable bonds is 4. The van der Waals surface area contributed by atoms with Crippen LogP contribution in [0.5, 0.6) is 5.75 Å². The zero-order chi connectivity index (χ0) is 23.8. The Bertz CT molecular complexity index is 911. The predicted octanol–water partition coefficient (Wildman–Crippen LogP) is 7.30. The molecular formula is C29H36O3. The zero-order valence-corrected chi connectivity index (χ0v) is 19.6. The normalized spacial score (nSPS) is 24.1. The molecular weight excluding hydrogens is 396 g/mol. The molecule has 4 rings (SSSR count). The maximum absolute atomic E-state index is 11.3. The van der Waals surface area contributed by atoms with Gasteiger partial charge in [-0.25, -0.2) is 4.79 Å². The van der Waals surface area contributed by atoms with Gasteiger partial charge in [0.15, 0.2) is 0 Å². The molecule has 2 aliphatic carbocycles. The van der Waals surface area contributed by atoms with Gasteiger partial charge in [-0.2, -0.15) is 0 Å². The molecule has 2 saturated carbocycles. The van der Waals surface area contributed by atoms with Crippen LogP contribution >= 0.6 is 0 Å². The second-order valence-electron chi connectivity index (χ2n) is 9.15. The Morgan fingerprint density at radius 3 is 1.94 bits per heavy atom. The summed E-state index contributed by atoms with van der Waals surface area (Å²) in [5.41, 5.74) is 2.66. The minimum Gasteiger partial charge on any atom is -0.508 e. The molecule has 32 heavy (non-hydrogen) atoms. The molecule has 0 spiro atoms. The Balaban J connectivity index is 0.000000183. The van der Waals surface area contributed by atoms with Crippen molar-refractivity contribution in [2.45, 2.75) is 46.1 Å². The van der Waals surface area contributed by atoms with Crippen molar-refractivity contribution in [3.05, 3.63) is 91.5 Å². The summed E-state index contributed by atoms with van der Waals surface area (Å²) in [5, 5.41) is 8.82. The number of phenolic OH excluding ortho intramolecular Hbond substituents is 1. The molecule has 0 amide bonds. The summed E-state index contributed by atoms with van der Waals surface area (Å²) >= 11 is 0. The molecule has 3 heteroatoms. The number of fused-ring (bicyclic) bond motifs is 2. The van der Waals surface area contributed by atoms with E-state index in [1.807, 2.05) is 48.5 Å². The van der Waals surface area contributed by atoms with Crippen LogP contribution in [0, 0.1) is 16.7 Å². The number of aromatic hydroxyl groups is 1. The second kappa shape index (κ2) is 11.0. The molecule has 2 aliphatic rings. The number of carbonyl (C=O) groups is 1. The molecule has 3 nitrogen and oxygen atoms in total. The summed E-state index contributed by atoms with van der Waals surface area (Å²) in [6.07, 6.45) is 8.42. The molecule has 2 bridgehead atoms. The largest absolute Gasteiger partial charge is 0.508 e. The highest BCUT2D eigenvalue weighted by Gasteiger charge is 2.62. The van der Waals surface area contributed by atoms with Crippen molar-refractivity contribution in [3.8, 4) is 5.75 Å². The fourth-order valence-corrected chi connectivity index (χ4v) is 4.70. The van der Waals surface area contributed by atoms with Gasteiger partial charge >= 0.3 is 5.97 Å². The lowest BCUT2D eigenvalue weighted by atomic mass is 9.70. The summed E-state index contributed by atoms with van der Waals surface area (Å²) in [4.78, 5) is 11.3. The van der Waals surface area contributed by atoms with E-state index in [4.69, 9.17) is 9.84 Å². The number of hydrogen-bond donors (Lipinski definition) is 1. The number of benzene rings is 2. The first-order chi connectivity index (χ1) is 15.2. The van der Waals surface area contributed by atoms with E-state index in [1.165, 1.54) is 24.5 Å². The Labute approximate surface area is 193 Å². The van der Waals surface area contributed by atoms with Crippen LogP contribution < -0.4 is 0 Å². The van der Waals surface area contributed by atoms with E-state index in [2.05, 4.69) is 40.5 Å². The third kappa shape index (κ3) is 5.79. The van der Waals surface area contributed by atoms with E-state index in [0.29, 0.717) is 17.1 Å². The van der Waals surface area contributed by atoms with Gasteiger partial charge in [0.05, 0.1) is 0 Å². The summed E-state index contributed by atoms with van der Waals surface area (Å²) in [6.45, 7) is 17.5. The van der Waals surface area contributed by atoms with Crippen LogP contribution in [0.2, 0.25) is 0 Å². The van der Waals surface area contributed by atoms with E-state index in [-0.39, 0.29) is 17.5 Å². The summed E-state index contributed by atoms with van der Waals surface area (Å²) in [6, 6.07) is 16.9. The van der Waals surface area contributed by atoms with Gasteiger partial charge in [-0.05, 0) is 53.9 Å². The van der Waals surface area contributed by atoms with E-state index in [0.717, 1.165) is 12.0 Å². The van der Waals surface area contributed by atoms with E-state index < -0.39 is 0 Å². The number of esters is 1. The van der Waals surface area contributed by atoms with Crippen LogP contribution in [0.15, 0.2) is 80.4 Å². The van der Waals surface area contributed by atoms with Gasteiger partial charge < -0.3 is 9.84 Å². The van der Waals surface area contributed by atoms with Crippen LogP contribution in [0.1, 0.15) is 51.2 Å². The molecule has 1 N–H and O–H groups in total. The Morgan fingerprint density at radius 1 is 0.969 bits per heavy atom. The zero-order valence-electron chi connectivity index (χ0n) is 19.6. The minimum atomic E-state index is -0.274. The molecule has 0 saturated heterocycles. The van der Waals surface area contributed by atoms with Crippen LogP contribution in [0.3, 0.4) is 0 Å². The number of ether oxygens (including phenoxy) is 1. The molecule has 170 valence electrons. The third-order valence-corrected chi connectivity index (χ3v) is 7.30. The highest BCUT2D eigenvalue weighted by atomic mass is 16.5. The Hall–Kier alpha value is -3.07. The molecule has 2 fully saturated rings. The maximum Gasteiger partial charge on any atom is 0.330 e. The lowest BCUT2D eigenvalue weighted by Gasteiger charge is -2.38. The first-order valence-electron chi connectivity index (χ1n) is 11.1. The van der Waals surface area contributed by atoms with Gasteiger partial charge in [0, 0.05) is 11.5 Å². The van der Waals surface area contributed by atoms with Gasteiger partial charge in [0.1, 0.15) is 11.9 Å². The summed E-state index contributed by atoms with van der Waals surface area (Å²) in [7, 11) is 0. The van der Waals surface area contributed by atoms with E-state index in [9.17, 15) is 4.79 Å². The summed E-state index contributed by atoms with van der Waals surface area (Å²) in [5.74, 6) is 0.732. The van der Waals surface area contributed by atoms with Crippen molar-refractivity contribution in [2.24, 2.45) is 16.7 Å². The lowest BCUT2D eigenvalue weighted by Crippen LogP contribution is -2.38. The van der Waals surface area contributed by atoms with Gasteiger partial charge in [-0.15, -0.1) is 0 Å². The molecule has 2 aromatic rings. The predicted molar refractivity (Wildman–Crippen MR) is 134 cm³/mol. The standard InChI is InChI=1S/C13H20O2.C8H8O.C8H8/c1-5-11(14)15-10-8-9-6-7-13(10,4)12(9,2)3;1-2-7-3-5-8(9)6-4-7;1-2-8-6-4-3-5-7-8/h5,9-10H,1,6-8H2,2-4H3;2-6,9H,1H2;2-7H,1H2. The highest BCUT2D eigenvalue weighted by molar-refractivity contribution is 5.81. The Kier molecular flexibility index (Phi) is 8.65. The topological polar surface area (TPSA) is 46.5 Å². The van der Waals surface area contributed by atoms with Crippen molar-refractivity contribution >= 4 is 18.1 Å². The monoisotopic (exact) mass is 432 g/mol. The number of phenols is 1. The first kappa shape index (κ1) is 25.2. The molecule has 0 aromatic heterocycles. The average Bonchev–Trinajstić information content (AvgIpc) is 3.14. The summed E-state index contributed by atoms with van der Waals surface area (Å²) < 4.78 is 5.48. The molecule has 0 aliphatic heterocycles. The van der Waals surface area contributed by atoms with E-state index >= 15 is 0 Å². The van der Waals surface area contributed by atoms with E-state index in [1.54, 1.807) is 18.2 Å². The third-order valence-electron chi connectivity index (χ3n) is 7.30. The smallest absolute Gasteiger partial charge is 0.330 e. The van der Waals surface area contributed by atoms with Crippen LogP contribution in [0.25, 0.3) is 12.2 Å². The molecule has 0 heterocycles. The van der Waals surface area contributed by atoms with Gasteiger partial charge in [-0.3, -0.25) is 0 Å². The fourth-order valence-electron chi connectivity index (χ4n) is 4.70. The molecule has 3 atom stereocenters. The quantitative estimate of drug-likeness (QED) is 0.407. The number of carbonyl (C=O) groups excluding carboxylic acids is 1. The van der Waals surface area contributed by atoms with Crippen molar-refractivity contribution in [1.82, 2.24) is 0 Å². The molecule has 0 radical (unpaired) electrons.